The Hall–Kier alpha value is -3.03. The van der Waals surface area contributed by atoms with Gasteiger partial charge < -0.3 is 4.57 Å². The third kappa shape index (κ3) is 4.36. The van der Waals surface area contributed by atoms with Crippen LogP contribution < -0.4 is 4.72 Å². The molecule has 0 aliphatic rings. The van der Waals surface area contributed by atoms with Crippen molar-refractivity contribution in [1.82, 2.24) is 14.3 Å². The molecule has 0 radical (unpaired) electrons. The first-order chi connectivity index (χ1) is 14.0. The third-order valence-electron chi connectivity index (χ3n) is 4.74. The number of imidazole rings is 1. The van der Waals surface area contributed by atoms with Gasteiger partial charge >= 0.3 is 0 Å². The van der Waals surface area contributed by atoms with E-state index in [0.29, 0.717) is 12.4 Å². The van der Waals surface area contributed by atoms with Crippen LogP contribution in [0.15, 0.2) is 83.8 Å². The molecule has 3 aromatic carbocycles. The Morgan fingerprint density at radius 2 is 1.59 bits per heavy atom. The van der Waals surface area contributed by atoms with Gasteiger partial charge in [0.2, 0.25) is 10.0 Å². The Kier molecular flexibility index (Phi) is 5.42. The first-order valence-corrected chi connectivity index (χ1v) is 10.7. The van der Waals surface area contributed by atoms with Crippen LogP contribution in [-0.2, 0) is 29.5 Å². The number of aryl methyl sites for hydroxylation is 2. The summed E-state index contributed by atoms with van der Waals surface area (Å²) in [6, 6.07) is 22.6. The highest BCUT2D eigenvalue weighted by molar-refractivity contribution is 7.89. The number of hydrogen-bond donors (Lipinski definition) is 1. The Morgan fingerprint density at radius 3 is 2.34 bits per heavy atom. The van der Waals surface area contributed by atoms with E-state index in [2.05, 4.69) is 21.8 Å². The molecule has 7 heteroatoms. The van der Waals surface area contributed by atoms with Gasteiger partial charge in [-0.2, -0.15) is 0 Å². The van der Waals surface area contributed by atoms with Crippen LogP contribution in [0.1, 0.15) is 11.4 Å². The van der Waals surface area contributed by atoms with Crippen molar-refractivity contribution in [3.8, 4) is 0 Å². The van der Waals surface area contributed by atoms with Crippen LogP contribution in [0.4, 0.5) is 4.39 Å². The van der Waals surface area contributed by atoms with Gasteiger partial charge in [0.1, 0.15) is 11.6 Å². The maximum absolute atomic E-state index is 13.1. The van der Waals surface area contributed by atoms with Crippen molar-refractivity contribution in [2.24, 2.45) is 0 Å². The number of para-hydroxylation sites is 2. The van der Waals surface area contributed by atoms with E-state index in [9.17, 15) is 12.8 Å². The average molecular weight is 409 g/mol. The number of fused-ring (bicyclic) bond motifs is 1. The number of hydrogen-bond acceptors (Lipinski definition) is 3. The smallest absolute Gasteiger partial charge is 0.240 e. The zero-order valence-electron chi connectivity index (χ0n) is 15.6. The lowest BCUT2D eigenvalue weighted by atomic mass is 10.1. The van der Waals surface area contributed by atoms with E-state index in [1.54, 1.807) is 0 Å². The zero-order chi connectivity index (χ0) is 20.3. The molecule has 0 amide bonds. The van der Waals surface area contributed by atoms with Crippen LogP contribution in [0.3, 0.4) is 0 Å². The molecule has 0 spiro atoms. The van der Waals surface area contributed by atoms with Crippen LogP contribution in [0.5, 0.6) is 0 Å². The molecule has 1 aromatic heterocycles. The van der Waals surface area contributed by atoms with E-state index in [1.165, 1.54) is 17.7 Å². The Morgan fingerprint density at radius 1 is 0.897 bits per heavy atom. The molecule has 0 aliphatic carbocycles. The summed E-state index contributed by atoms with van der Waals surface area (Å²) in [4.78, 5) is 4.63. The zero-order valence-corrected chi connectivity index (χ0v) is 16.4. The SMILES string of the molecule is O=S(=O)(NCc1nc2ccccc2n1CCc1ccccc1)c1ccc(F)cc1. The van der Waals surface area contributed by atoms with E-state index in [4.69, 9.17) is 0 Å². The first kappa shape index (κ1) is 19.3. The van der Waals surface area contributed by atoms with Gasteiger partial charge in [0.15, 0.2) is 0 Å². The quantitative estimate of drug-likeness (QED) is 0.504. The van der Waals surface area contributed by atoms with Gasteiger partial charge in [-0.3, -0.25) is 0 Å². The van der Waals surface area contributed by atoms with Crippen molar-refractivity contribution in [3.63, 3.8) is 0 Å². The molecule has 0 fully saturated rings. The maximum Gasteiger partial charge on any atom is 0.240 e. The molecule has 0 bridgehead atoms. The maximum atomic E-state index is 13.1. The molecule has 0 aliphatic heterocycles. The minimum absolute atomic E-state index is 0.0193. The van der Waals surface area contributed by atoms with Crippen molar-refractivity contribution in [2.45, 2.75) is 24.4 Å². The van der Waals surface area contributed by atoms with Crippen molar-refractivity contribution in [1.29, 1.82) is 0 Å². The van der Waals surface area contributed by atoms with Crippen LogP contribution in [0.2, 0.25) is 0 Å². The van der Waals surface area contributed by atoms with Gasteiger partial charge in [0, 0.05) is 6.54 Å². The van der Waals surface area contributed by atoms with Gasteiger partial charge in [0.05, 0.1) is 22.5 Å². The Bertz CT molecular complexity index is 1220. The monoisotopic (exact) mass is 409 g/mol. The molecule has 0 atom stereocenters. The summed E-state index contributed by atoms with van der Waals surface area (Å²) in [5, 5.41) is 0. The molecule has 0 unspecified atom stereocenters. The number of nitrogens with one attached hydrogen (secondary N) is 1. The van der Waals surface area contributed by atoms with Crippen LogP contribution in [0, 0.1) is 5.82 Å². The van der Waals surface area contributed by atoms with E-state index in [0.717, 1.165) is 29.6 Å². The lowest BCUT2D eigenvalue weighted by Crippen LogP contribution is -2.25. The predicted molar refractivity (Wildman–Crippen MR) is 110 cm³/mol. The summed E-state index contributed by atoms with van der Waals surface area (Å²) in [5.41, 5.74) is 2.97. The van der Waals surface area contributed by atoms with Crippen molar-refractivity contribution in [3.05, 3.63) is 96.1 Å². The summed E-state index contributed by atoms with van der Waals surface area (Å²) >= 11 is 0. The van der Waals surface area contributed by atoms with Crippen molar-refractivity contribution < 1.29 is 12.8 Å². The van der Waals surface area contributed by atoms with Crippen LogP contribution >= 0.6 is 0 Å². The highest BCUT2D eigenvalue weighted by Gasteiger charge is 2.17. The van der Waals surface area contributed by atoms with Crippen LogP contribution in [-0.4, -0.2) is 18.0 Å². The second-order valence-electron chi connectivity index (χ2n) is 6.68. The highest BCUT2D eigenvalue weighted by Crippen LogP contribution is 2.18. The van der Waals surface area contributed by atoms with Gasteiger partial charge in [0.25, 0.3) is 0 Å². The Balaban J connectivity index is 1.58. The molecule has 5 nitrogen and oxygen atoms in total. The van der Waals surface area contributed by atoms with Gasteiger partial charge in [-0.05, 0) is 48.4 Å². The molecule has 148 valence electrons. The minimum atomic E-state index is -3.77. The summed E-state index contributed by atoms with van der Waals surface area (Å²) < 4.78 is 42.8. The fourth-order valence-corrected chi connectivity index (χ4v) is 4.23. The van der Waals surface area contributed by atoms with E-state index >= 15 is 0 Å². The van der Waals surface area contributed by atoms with E-state index in [-0.39, 0.29) is 11.4 Å². The molecule has 1 N–H and O–H groups in total. The number of benzene rings is 3. The molecule has 0 saturated heterocycles. The van der Waals surface area contributed by atoms with Gasteiger partial charge in [-0.1, -0.05) is 42.5 Å². The third-order valence-corrected chi connectivity index (χ3v) is 6.16. The largest absolute Gasteiger partial charge is 0.327 e. The number of sulfonamides is 1. The lowest BCUT2D eigenvalue weighted by molar-refractivity contribution is 0.573. The number of nitrogens with zero attached hydrogens (tertiary/aromatic N) is 2. The fraction of sp³-hybridized carbons (Fsp3) is 0.136. The second-order valence-corrected chi connectivity index (χ2v) is 8.45. The van der Waals surface area contributed by atoms with Crippen LogP contribution in [0.25, 0.3) is 11.0 Å². The van der Waals surface area contributed by atoms with E-state index in [1.807, 2.05) is 47.0 Å². The fourth-order valence-electron chi connectivity index (χ4n) is 3.25. The van der Waals surface area contributed by atoms with Gasteiger partial charge in [-0.25, -0.2) is 22.5 Å². The normalized spacial score (nSPS) is 11.8. The van der Waals surface area contributed by atoms with Crippen molar-refractivity contribution in [2.75, 3.05) is 0 Å². The second kappa shape index (κ2) is 8.14. The number of rotatable bonds is 7. The lowest BCUT2D eigenvalue weighted by Gasteiger charge is -2.11. The van der Waals surface area contributed by atoms with E-state index < -0.39 is 15.8 Å². The molecular formula is C22H20FN3O2S. The molecule has 1 heterocycles. The van der Waals surface area contributed by atoms with Gasteiger partial charge in [-0.15, -0.1) is 0 Å². The minimum Gasteiger partial charge on any atom is -0.327 e. The number of aromatic nitrogens is 2. The summed E-state index contributed by atoms with van der Waals surface area (Å²) in [5.74, 6) is 0.152. The topological polar surface area (TPSA) is 64.0 Å². The standard InChI is InChI=1S/C22H20FN3O2S/c23-18-10-12-19(13-11-18)29(27,28)24-16-22-25-20-8-4-5-9-21(20)26(22)15-14-17-6-2-1-3-7-17/h1-13,24H,14-16H2. The first-order valence-electron chi connectivity index (χ1n) is 9.26. The Labute approximate surface area is 168 Å². The highest BCUT2D eigenvalue weighted by atomic mass is 32.2. The summed E-state index contributed by atoms with van der Waals surface area (Å²) in [6.07, 6.45) is 0.804. The molecular weight excluding hydrogens is 389 g/mol. The average Bonchev–Trinajstić information content (AvgIpc) is 3.09. The van der Waals surface area contributed by atoms with Crippen molar-refractivity contribution >= 4 is 21.1 Å². The molecule has 0 saturated carbocycles. The molecule has 29 heavy (non-hydrogen) atoms. The summed E-state index contributed by atoms with van der Waals surface area (Å²) in [6.45, 7) is 0.724. The molecule has 4 rings (SSSR count). The predicted octanol–water partition coefficient (Wildman–Crippen LogP) is 3.90. The molecule has 4 aromatic rings. The summed E-state index contributed by atoms with van der Waals surface area (Å²) in [7, 11) is -3.77. The number of halogens is 1.